The lowest BCUT2D eigenvalue weighted by Crippen LogP contribution is -2.55. The second-order valence-electron chi connectivity index (χ2n) is 12.2. The molecule has 0 atom stereocenters. The van der Waals surface area contributed by atoms with Crippen molar-refractivity contribution in [1.82, 2.24) is 5.32 Å². The molecule has 0 saturated heterocycles. The first kappa shape index (κ1) is 30.1. The molecular formula is C27H38BrClF2N2O3Si. The number of fused-ring (bicyclic) bond motifs is 1. The summed E-state index contributed by atoms with van der Waals surface area (Å²) in [6, 6.07) is 4.99. The van der Waals surface area contributed by atoms with Crippen molar-refractivity contribution in [3.8, 4) is 0 Å². The highest BCUT2D eigenvalue weighted by atomic mass is 79.9. The molecule has 1 saturated carbocycles. The van der Waals surface area contributed by atoms with Crippen LogP contribution in [0.25, 0.3) is 10.8 Å². The Morgan fingerprint density at radius 3 is 2.35 bits per heavy atom. The summed E-state index contributed by atoms with van der Waals surface area (Å²) in [6.07, 6.45) is 0.826. The number of nitrogens with zero attached hydrogens (tertiary/aromatic N) is 1. The molecule has 1 aliphatic carbocycles. The molecule has 2 aromatic rings. The minimum atomic E-state index is -2.01. The van der Waals surface area contributed by atoms with Crippen LogP contribution in [0.4, 0.5) is 19.3 Å². The highest BCUT2D eigenvalue weighted by molar-refractivity contribution is 9.10. The summed E-state index contributed by atoms with van der Waals surface area (Å²) in [6.45, 7) is 17.3. The first-order valence-corrected chi connectivity index (χ1v) is 16.7. The molecule has 0 radical (unpaired) electrons. The third-order valence-corrected chi connectivity index (χ3v) is 13.1. The minimum Gasteiger partial charge on any atom is -0.444 e. The molecule has 1 aliphatic rings. The van der Waals surface area contributed by atoms with Crippen LogP contribution < -0.4 is 10.2 Å². The largest absolute Gasteiger partial charge is 0.444 e. The van der Waals surface area contributed by atoms with Gasteiger partial charge in [0.2, 0.25) is 0 Å². The second kappa shape index (κ2) is 11.0. The van der Waals surface area contributed by atoms with Gasteiger partial charge in [-0.1, -0.05) is 44.5 Å². The molecular weight excluding hydrogens is 582 g/mol. The van der Waals surface area contributed by atoms with E-state index >= 15 is 8.78 Å². The number of benzene rings is 2. The highest BCUT2D eigenvalue weighted by Gasteiger charge is 2.39. The highest BCUT2D eigenvalue weighted by Crippen LogP contribution is 2.42. The van der Waals surface area contributed by atoms with Crippen LogP contribution >= 0.6 is 27.5 Å². The zero-order valence-corrected chi connectivity index (χ0v) is 26.2. The number of carbonyl (C=O) groups is 1. The fourth-order valence-corrected chi connectivity index (χ4v) is 5.76. The lowest BCUT2D eigenvalue weighted by Gasteiger charge is -2.45. The van der Waals surface area contributed by atoms with E-state index in [1.54, 1.807) is 18.2 Å². The maximum atomic E-state index is 15.5. The van der Waals surface area contributed by atoms with Crippen LogP contribution in [0, 0.1) is 11.6 Å². The van der Waals surface area contributed by atoms with Crippen LogP contribution in [0.15, 0.2) is 22.7 Å². The number of anilines is 1. The SMILES string of the molecule is CC(C)(C)OC(=O)NC1CC(N(CCO[Si](C)(C)C(C)(C)C)c2cccc3c(F)c(Br)c(Cl)c(F)c23)C1. The third-order valence-electron chi connectivity index (χ3n) is 7.26. The third kappa shape index (κ3) is 6.78. The van der Waals surface area contributed by atoms with E-state index in [0.29, 0.717) is 31.7 Å². The molecule has 0 spiro atoms. The Kier molecular flexibility index (Phi) is 8.94. The fraction of sp³-hybridized carbons (Fsp3) is 0.593. The summed E-state index contributed by atoms with van der Waals surface area (Å²) in [5.41, 5.74) is -0.0267. The van der Waals surface area contributed by atoms with Gasteiger partial charge in [0.15, 0.2) is 14.1 Å². The molecule has 2 aromatic carbocycles. The van der Waals surface area contributed by atoms with Crippen molar-refractivity contribution in [3.63, 3.8) is 0 Å². The average Bonchev–Trinajstić information content (AvgIpc) is 2.74. The van der Waals surface area contributed by atoms with Crippen molar-refractivity contribution >= 4 is 58.4 Å². The van der Waals surface area contributed by atoms with E-state index < -0.39 is 31.6 Å². The normalized spacial score (nSPS) is 18.5. The smallest absolute Gasteiger partial charge is 0.407 e. The van der Waals surface area contributed by atoms with Crippen LogP contribution in [0.1, 0.15) is 54.4 Å². The number of hydrogen-bond acceptors (Lipinski definition) is 4. The van der Waals surface area contributed by atoms with Crippen molar-refractivity contribution in [1.29, 1.82) is 0 Å². The average molecular weight is 620 g/mol. The van der Waals surface area contributed by atoms with Crippen molar-refractivity contribution in [2.75, 3.05) is 18.1 Å². The molecule has 0 bridgehead atoms. The van der Waals surface area contributed by atoms with E-state index in [1.807, 2.05) is 20.8 Å². The number of ether oxygens (including phenoxy) is 1. The van der Waals surface area contributed by atoms with Gasteiger partial charge in [0, 0.05) is 35.1 Å². The predicted octanol–water partition coefficient (Wildman–Crippen LogP) is 8.42. The Morgan fingerprint density at radius 1 is 1.16 bits per heavy atom. The summed E-state index contributed by atoms with van der Waals surface area (Å²) < 4.78 is 42.2. The van der Waals surface area contributed by atoms with Gasteiger partial charge in [-0.05, 0) is 73.7 Å². The maximum Gasteiger partial charge on any atom is 0.407 e. The fourth-order valence-electron chi connectivity index (χ4n) is 4.16. The number of rotatable bonds is 7. The van der Waals surface area contributed by atoms with E-state index in [0.717, 1.165) is 0 Å². The van der Waals surface area contributed by atoms with Crippen LogP contribution in [-0.2, 0) is 9.16 Å². The summed E-state index contributed by atoms with van der Waals surface area (Å²) in [4.78, 5) is 14.3. The monoisotopic (exact) mass is 618 g/mol. The molecule has 0 unspecified atom stereocenters. The first-order valence-electron chi connectivity index (χ1n) is 12.6. The van der Waals surface area contributed by atoms with Crippen LogP contribution in [0.5, 0.6) is 0 Å². The minimum absolute atomic E-state index is 0.00145. The predicted molar refractivity (Wildman–Crippen MR) is 153 cm³/mol. The Bertz CT molecular complexity index is 1160. The van der Waals surface area contributed by atoms with E-state index in [-0.39, 0.29) is 37.4 Å². The molecule has 0 heterocycles. The summed E-state index contributed by atoms with van der Waals surface area (Å²) in [5.74, 6) is -1.27. The van der Waals surface area contributed by atoms with E-state index in [4.69, 9.17) is 20.8 Å². The van der Waals surface area contributed by atoms with Gasteiger partial charge in [-0.15, -0.1) is 0 Å². The number of nitrogens with one attached hydrogen (secondary N) is 1. The van der Waals surface area contributed by atoms with E-state index in [9.17, 15) is 4.79 Å². The Hall–Kier alpha value is -1.42. The van der Waals surface area contributed by atoms with Gasteiger partial charge in [-0.2, -0.15) is 0 Å². The molecule has 3 rings (SSSR count). The Balaban J connectivity index is 1.90. The molecule has 1 fully saturated rings. The van der Waals surface area contributed by atoms with Crippen molar-refractivity contribution in [2.24, 2.45) is 0 Å². The summed E-state index contributed by atoms with van der Waals surface area (Å²) in [7, 11) is -2.01. The van der Waals surface area contributed by atoms with Crippen molar-refractivity contribution < 1.29 is 22.7 Å². The number of carbonyl (C=O) groups excluding carboxylic acids is 1. The molecule has 1 N–H and O–H groups in total. The van der Waals surface area contributed by atoms with Crippen LogP contribution in [-0.4, -0.2) is 45.2 Å². The Morgan fingerprint density at radius 2 is 1.78 bits per heavy atom. The quantitative estimate of drug-likeness (QED) is 0.192. The molecule has 1 amide bonds. The number of alkyl carbamates (subject to hydrolysis) is 1. The molecule has 206 valence electrons. The van der Waals surface area contributed by atoms with Gasteiger partial charge in [-0.25, -0.2) is 13.6 Å². The number of hydrogen-bond donors (Lipinski definition) is 1. The van der Waals surface area contributed by atoms with Gasteiger partial charge >= 0.3 is 6.09 Å². The van der Waals surface area contributed by atoms with Gasteiger partial charge in [-0.3, -0.25) is 0 Å². The zero-order chi connectivity index (χ0) is 27.9. The van der Waals surface area contributed by atoms with Crippen molar-refractivity contribution in [2.45, 2.75) is 90.2 Å². The standard InChI is InChI=1S/C27H38BrClF2N2O3Si/c1-26(2,3)36-25(34)32-16-14-17(15-16)33(12-13-35-37(7,8)27(4,5)6)19-11-9-10-18-20(19)24(31)22(29)21(28)23(18)30/h9-11,16-17H,12-15H2,1-8H3,(H,32,34). The number of amides is 1. The van der Waals surface area contributed by atoms with Gasteiger partial charge < -0.3 is 19.4 Å². The lowest BCUT2D eigenvalue weighted by molar-refractivity contribution is 0.0470. The molecule has 10 heteroatoms. The molecule has 5 nitrogen and oxygen atoms in total. The van der Waals surface area contributed by atoms with E-state index in [1.165, 1.54) is 0 Å². The van der Waals surface area contributed by atoms with Gasteiger partial charge in [0.05, 0.1) is 16.1 Å². The van der Waals surface area contributed by atoms with E-state index in [2.05, 4.69) is 60.0 Å². The lowest BCUT2D eigenvalue weighted by atomic mass is 9.85. The van der Waals surface area contributed by atoms with Crippen LogP contribution in [0.2, 0.25) is 23.2 Å². The molecule has 0 aromatic heterocycles. The summed E-state index contributed by atoms with van der Waals surface area (Å²) >= 11 is 9.22. The molecule has 0 aliphatic heterocycles. The number of halogens is 4. The first-order chi connectivity index (χ1) is 16.9. The topological polar surface area (TPSA) is 50.8 Å². The van der Waals surface area contributed by atoms with Gasteiger partial charge in [0.25, 0.3) is 0 Å². The summed E-state index contributed by atoms with van der Waals surface area (Å²) in [5, 5.41) is 2.97. The van der Waals surface area contributed by atoms with Gasteiger partial charge in [0.1, 0.15) is 11.4 Å². The van der Waals surface area contributed by atoms with Crippen LogP contribution in [0.3, 0.4) is 0 Å². The molecule has 37 heavy (non-hydrogen) atoms. The Labute approximate surface area is 233 Å². The maximum absolute atomic E-state index is 15.5. The second-order valence-corrected chi connectivity index (χ2v) is 18.2. The zero-order valence-electron chi connectivity index (χ0n) is 22.9. The van der Waals surface area contributed by atoms with Crippen molar-refractivity contribution in [3.05, 3.63) is 39.3 Å².